The molecule has 0 amide bonds. The number of ether oxygens (including phenoxy) is 1. The van der Waals surface area contributed by atoms with Crippen molar-refractivity contribution in [3.05, 3.63) is 237 Å². The number of rotatable bonds is 7. The van der Waals surface area contributed by atoms with Crippen LogP contribution in [0.15, 0.2) is 237 Å². The van der Waals surface area contributed by atoms with Crippen LogP contribution in [0.25, 0.3) is 77.5 Å². The van der Waals surface area contributed by atoms with E-state index in [2.05, 4.69) is 241 Å². The molecule has 10 aromatic rings. The molecule has 1 aliphatic heterocycles. The zero-order valence-corrected chi connectivity index (χ0v) is 32.9. The van der Waals surface area contributed by atoms with Crippen LogP contribution in [-0.4, -0.2) is 0 Å². The average Bonchev–Trinajstić information content (AvgIpc) is 3.46. The van der Waals surface area contributed by atoms with Gasteiger partial charge in [-0.25, -0.2) is 0 Å². The molecule has 2 nitrogen and oxygen atoms in total. The van der Waals surface area contributed by atoms with Crippen LogP contribution in [0.3, 0.4) is 0 Å². The Kier molecular flexibility index (Phi) is 8.87. The lowest BCUT2D eigenvalue weighted by molar-refractivity contribution is 0.489. The molecule has 10 aromatic carbocycles. The molecule has 0 aromatic heterocycles. The molecule has 11 rings (SSSR count). The molecular formula is C58H39NO. The lowest BCUT2D eigenvalue weighted by Gasteiger charge is -2.29. The molecule has 0 atom stereocenters. The summed E-state index contributed by atoms with van der Waals surface area (Å²) in [6, 6.07) is 84.6. The maximum atomic E-state index is 7.27. The summed E-state index contributed by atoms with van der Waals surface area (Å²) in [6.07, 6.45) is 0. The predicted molar refractivity (Wildman–Crippen MR) is 251 cm³/mol. The lowest BCUT2D eigenvalue weighted by atomic mass is 9.89. The molecule has 282 valence electrons. The zero-order valence-electron chi connectivity index (χ0n) is 32.9. The molecule has 0 bridgehead atoms. The summed E-state index contributed by atoms with van der Waals surface area (Å²) in [7, 11) is 0. The first-order valence-corrected chi connectivity index (χ1v) is 20.5. The highest BCUT2D eigenvalue weighted by molar-refractivity contribution is 6.05. The fraction of sp³-hybridized carbons (Fsp3) is 0. The second kappa shape index (κ2) is 15.1. The van der Waals surface area contributed by atoms with E-state index in [4.69, 9.17) is 4.74 Å². The van der Waals surface area contributed by atoms with Gasteiger partial charge in [0, 0.05) is 28.1 Å². The van der Waals surface area contributed by atoms with Gasteiger partial charge in [-0.3, -0.25) is 0 Å². The third-order valence-corrected chi connectivity index (χ3v) is 11.7. The Morgan fingerprint density at radius 3 is 1.30 bits per heavy atom. The van der Waals surface area contributed by atoms with Crippen LogP contribution in [-0.2, 0) is 0 Å². The van der Waals surface area contributed by atoms with Crippen molar-refractivity contribution >= 4 is 27.8 Å². The molecular weight excluding hydrogens is 727 g/mol. The Morgan fingerprint density at radius 1 is 0.283 bits per heavy atom. The van der Waals surface area contributed by atoms with Crippen LogP contribution in [0.4, 0.5) is 17.1 Å². The van der Waals surface area contributed by atoms with Crippen molar-refractivity contribution in [2.75, 3.05) is 4.90 Å². The van der Waals surface area contributed by atoms with Gasteiger partial charge in [0.25, 0.3) is 0 Å². The van der Waals surface area contributed by atoms with Crippen LogP contribution in [0.2, 0.25) is 0 Å². The first-order valence-electron chi connectivity index (χ1n) is 20.5. The summed E-state index contributed by atoms with van der Waals surface area (Å²) >= 11 is 0. The van der Waals surface area contributed by atoms with Crippen molar-refractivity contribution in [2.24, 2.45) is 0 Å². The van der Waals surface area contributed by atoms with E-state index in [9.17, 15) is 0 Å². The van der Waals surface area contributed by atoms with E-state index in [-0.39, 0.29) is 0 Å². The predicted octanol–water partition coefficient (Wildman–Crippen LogP) is 16.4. The second-order valence-electron chi connectivity index (χ2n) is 15.3. The quantitative estimate of drug-likeness (QED) is 0.160. The van der Waals surface area contributed by atoms with Gasteiger partial charge in [-0.1, -0.05) is 188 Å². The summed E-state index contributed by atoms with van der Waals surface area (Å²) in [5.41, 5.74) is 16.9. The zero-order chi connectivity index (χ0) is 39.8. The van der Waals surface area contributed by atoms with Crippen molar-refractivity contribution in [3.63, 3.8) is 0 Å². The van der Waals surface area contributed by atoms with Crippen LogP contribution >= 0.6 is 0 Å². The molecule has 60 heavy (non-hydrogen) atoms. The third kappa shape index (κ3) is 6.41. The van der Waals surface area contributed by atoms with Gasteiger partial charge in [-0.15, -0.1) is 0 Å². The molecule has 2 heteroatoms. The van der Waals surface area contributed by atoms with Gasteiger partial charge >= 0.3 is 0 Å². The van der Waals surface area contributed by atoms with Gasteiger partial charge in [0.1, 0.15) is 11.5 Å². The highest BCUT2D eigenvalue weighted by Crippen LogP contribution is 2.55. The van der Waals surface area contributed by atoms with Gasteiger partial charge in [0.05, 0.1) is 5.69 Å². The van der Waals surface area contributed by atoms with Crippen molar-refractivity contribution in [1.29, 1.82) is 0 Å². The first kappa shape index (κ1) is 35.2. The highest BCUT2D eigenvalue weighted by Gasteiger charge is 2.28. The van der Waals surface area contributed by atoms with Crippen LogP contribution in [0.1, 0.15) is 0 Å². The molecule has 1 aliphatic rings. The molecule has 0 aliphatic carbocycles. The van der Waals surface area contributed by atoms with E-state index in [1.54, 1.807) is 0 Å². The molecule has 0 N–H and O–H groups in total. The Hall–Kier alpha value is -7.94. The monoisotopic (exact) mass is 765 g/mol. The van der Waals surface area contributed by atoms with Crippen molar-refractivity contribution in [3.8, 4) is 78.3 Å². The van der Waals surface area contributed by atoms with E-state index >= 15 is 0 Å². The molecule has 0 fully saturated rings. The van der Waals surface area contributed by atoms with Gasteiger partial charge in [0.15, 0.2) is 0 Å². The Bertz CT molecular complexity index is 3120. The van der Waals surface area contributed by atoms with E-state index in [0.29, 0.717) is 0 Å². The van der Waals surface area contributed by atoms with Crippen LogP contribution < -0.4 is 9.64 Å². The van der Waals surface area contributed by atoms with E-state index in [0.717, 1.165) is 67.5 Å². The minimum atomic E-state index is 0.812. The van der Waals surface area contributed by atoms with Gasteiger partial charge in [-0.2, -0.15) is 0 Å². The molecule has 0 radical (unpaired) electrons. The van der Waals surface area contributed by atoms with Gasteiger partial charge in [-0.05, 0) is 109 Å². The standard InChI is InChI=1S/C58H39NO/c1-4-14-40(15-5-1)42-26-28-44(29-27-42)45-34-36-50(37-35-45)59(49-20-8-3-9-21-49)55-24-13-25-56-57(55)54-39-48-19-11-10-18-47(48)38-53(54)52-23-12-22-51(58(52)60-56)46-32-30-43(31-33-46)41-16-6-2-7-17-41/h1-39H. The maximum Gasteiger partial charge on any atom is 0.143 e. The van der Waals surface area contributed by atoms with E-state index in [1.807, 2.05) is 0 Å². The number of anilines is 3. The summed E-state index contributed by atoms with van der Waals surface area (Å²) in [5.74, 6) is 1.67. The van der Waals surface area contributed by atoms with Crippen molar-refractivity contribution in [2.45, 2.75) is 0 Å². The van der Waals surface area contributed by atoms with E-state index in [1.165, 1.54) is 38.6 Å². The summed E-state index contributed by atoms with van der Waals surface area (Å²) in [6.45, 7) is 0. The number of benzene rings is 10. The summed E-state index contributed by atoms with van der Waals surface area (Å²) in [4.78, 5) is 2.36. The second-order valence-corrected chi connectivity index (χ2v) is 15.3. The smallest absolute Gasteiger partial charge is 0.143 e. The molecule has 0 unspecified atom stereocenters. The SMILES string of the molecule is c1ccc(-c2ccc(-c3ccc(N(c4ccccc4)c4cccc5c4-c4cc6ccccc6cc4-c4cccc(-c6ccc(-c7ccccc7)cc6)c4O5)cc3)cc2)cc1. The highest BCUT2D eigenvalue weighted by atomic mass is 16.5. The van der Waals surface area contributed by atoms with Crippen molar-refractivity contribution in [1.82, 2.24) is 0 Å². The van der Waals surface area contributed by atoms with E-state index < -0.39 is 0 Å². The minimum Gasteiger partial charge on any atom is -0.455 e. The van der Waals surface area contributed by atoms with Crippen LogP contribution in [0, 0.1) is 0 Å². The number of hydrogen-bond acceptors (Lipinski definition) is 2. The van der Waals surface area contributed by atoms with Crippen LogP contribution in [0.5, 0.6) is 11.5 Å². The normalized spacial score (nSPS) is 11.5. The number of nitrogens with zero attached hydrogens (tertiary/aromatic N) is 1. The Labute approximate surface area is 350 Å². The summed E-state index contributed by atoms with van der Waals surface area (Å²) < 4.78 is 7.27. The van der Waals surface area contributed by atoms with Gasteiger partial charge < -0.3 is 9.64 Å². The fourth-order valence-corrected chi connectivity index (χ4v) is 8.69. The molecule has 0 spiro atoms. The Balaban J connectivity index is 1.06. The van der Waals surface area contributed by atoms with Gasteiger partial charge in [0.2, 0.25) is 0 Å². The first-order chi connectivity index (χ1) is 29.7. The van der Waals surface area contributed by atoms with Crippen molar-refractivity contribution < 1.29 is 4.74 Å². The largest absolute Gasteiger partial charge is 0.455 e. The fourth-order valence-electron chi connectivity index (χ4n) is 8.69. The molecule has 0 saturated carbocycles. The summed E-state index contributed by atoms with van der Waals surface area (Å²) in [5, 5.41) is 2.37. The minimum absolute atomic E-state index is 0.812. The topological polar surface area (TPSA) is 12.5 Å². The molecule has 1 heterocycles. The number of fused-ring (bicyclic) bond motifs is 6. The molecule has 0 saturated heterocycles. The number of para-hydroxylation sites is 2. The Morgan fingerprint density at radius 2 is 0.717 bits per heavy atom. The lowest BCUT2D eigenvalue weighted by Crippen LogP contribution is -2.11. The average molecular weight is 766 g/mol. The third-order valence-electron chi connectivity index (χ3n) is 11.7. The maximum absolute atomic E-state index is 7.27. The number of hydrogen-bond donors (Lipinski definition) is 0.